The summed E-state index contributed by atoms with van der Waals surface area (Å²) < 4.78 is 0. The van der Waals surface area contributed by atoms with E-state index in [9.17, 15) is 4.79 Å². The highest BCUT2D eigenvalue weighted by Crippen LogP contribution is 2.49. The summed E-state index contributed by atoms with van der Waals surface area (Å²) in [5.74, 6) is 0.693. The molecule has 0 bridgehead atoms. The van der Waals surface area contributed by atoms with Crippen molar-refractivity contribution in [1.82, 2.24) is 10.3 Å². The highest BCUT2D eigenvalue weighted by Gasteiger charge is 2.46. The lowest BCUT2D eigenvalue weighted by Crippen LogP contribution is -2.27. The molecule has 0 spiro atoms. The minimum absolute atomic E-state index is 0.0492. The molecular formula is C14H18N2O. The molecular weight excluding hydrogens is 212 g/mol. The molecule has 0 aromatic carbocycles. The Hall–Kier alpha value is -1.22. The number of hydrogen-bond donors (Lipinski definition) is 1. The third-order valence-electron chi connectivity index (χ3n) is 4.04. The summed E-state index contributed by atoms with van der Waals surface area (Å²) in [6, 6.07) is 2.02. The first kappa shape index (κ1) is 10.9. The molecule has 3 heteroatoms. The third kappa shape index (κ3) is 1.69. The Kier molecular flexibility index (Phi) is 2.33. The van der Waals surface area contributed by atoms with Crippen molar-refractivity contribution in [3.05, 3.63) is 29.1 Å². The van der Waals surface area contributed by atoms with E-state index in [1.54, 1.807) is 6.92 Å². The fraction of sp³-hybridized carbons (Fsp3) is 0.571. The van der Waals surface area contributed by atoms with E-state index in [0.717, 1.165) is 24.1 Å². The average Bonchev–Trinajstić information content (AvgIpc) is 3.20. The van der Waals surface area contributed by atoms with Gasteiger partial charge >= 0.3 is 0 Å². The van der Waals surface area contributed by atoms with Gasteiger partial charge in [-0.2, -0.15) is 0 Å². The Morgan fingerprint density at radius 1 is 1.47 bits per heavy atom. The van der Waals surface area contributed by atoms with E-state index in [2.05, 4.69) is 10.3 Å². The quantitative estimate of drug-likeness (QED) is 0.807. The Balaban J connectivity index is 2.14. The van der Waals surface area contributed by atoms with Gasteiger partial charge in [0, 0.05) is 23.2 Å². The van der Waals surface area contributed by atoms with Crippen molar-refractivity contribution in [1.29, 1.82) is 0 Å². The van der Waals surface area contributed by atoms with Gasteiger partial charge in [-0.15, -0.1) is 0 Å². The topological polar surface area (TPSA) is 42.0 Å². The molecule has 0 radical (unpaired) electrons. The van der Waals surface area contributed by atoms with Gasteiger partial charge in [-0.05, 0) is 51.3 Å². The number of ketones is 1. The minimum atomic E-state index is 0.0492. The highest BCUT2D eigenvalue weighted by molar-refractivity contribution is 5.97. The standard InChI is InChI=1S/C14H18N2O/c1-9(17)12-11(14(15-2)6-7-14)5-8-16-13(12)10-3-4-10/h5,8,10,15H,3-4,6-7H2,1-2H3. The van der Waals surface area contributed by atoms with Crippen LogP contribution in [0, 0.1) is 0 Å². The number of aromatic nitrogens is 1. The van der Waals surface area contributed by atoms with Gasteiger partial charge in [0.1, 0.15) is 0 Å². The highest BCUT2D eigenvalue weighted by atomic mass is 16.1. The Morgan fingerprint density at radius 3 is 2.65 bits per heavy atom. The normalized spacial score (nSPS) is 21.3. The molecule has 1 heterocycles. The lowest BCUT2D eigenvalue weighted by atomic mass is 9.94. The van der Waals surface area contributed by atoms with Gasteiger partial charge in [0.25, 0.3) is 0 Å². The Morgan fingerprint density at radius 2 is 2.18 bits per heavy atom. The van der Waals surface area contributed by atoms with E-state index in [0.29, 0.717) is 5.92 Å². The van der Waals surface area contributed by atoms with Gasteiger partial charge in [0.05, 0.1) is 5.69 Å². The number of carbonyl (C=O) groups excluding carboxylic acids is 1. The SMILES string of the molecule is CNC1(c2ccnc(C3CC3)c2C(C)=O)CC1. The van der Waals surface area contributed by atoms with E-state index in [1.165, 1.54) is 18.4 Å². The van der Waals surface area contributed by atoms with E-state index < -0.39 is 0 Å². The van der Waals surface area contributed by atoms with Crippen LogP contribution in [0.15, 0.2) is 12.3 Å². The number of pyridine rings is 1. The molecule has 1 aromatic rings. The molecule has 0 atom stereocenters. The van der Waals surface area contributed by atoms with Crippen molar-refractivity contribution in [2.24, 2.45) is 0 Å². The molecule has 0 amide bonds. The molecule has 17 heavy (non-hydrogen) atoms. The largest absolute Gasteiger partial charge is 0.310 e. The van der Waals surface area contributed by atoms with Crippen LogP contribution in [0.4, 0.5) is 0 Å². The second kappa shape index (κ2) is 3.64. The average molecular weight is 230 g/mol. The van der Waals surface area contributed by atoms with Crippen LogP contribution < -0.4 is 5.32 Å². The number of carbonyl (C=O) groups is 1. The van der Waals surface area contributed by atoms with Crippen LogP contribution in [0.25, 0.3) is 0 Å². The molecule has 0 unspecified atom stereocenters. The first-order valence-electron chi connectivity index (χ1n) is 6.37. The molecule has 90 valence electrons. The van der Waals surface area contributed by atoms with Gasteiger partial charge < -0.3 is 5.32 Å². The first-order chi connectivity index (χ1) is 8.18. The third-order valence-corrected chi connectivity index (χ3v) is 4.04. The van der Waals surface area contributed by atoms with Gasteiger partial charge in [0.15, 0.2) is 5.78 Å². The smallest absolute Gasteiger partial charge is 0.161 e. The molecule has 2 aliphatic carbocycles. The summed E-state index contributed by atoms with van der Waals surface area (Å²) in [5.41, 5.74) is 3.15. The maximum Gasteiger partial charge on any atom is 0.161 e. The van der Waals surface area contributed by atoms with Crippen LogP contribution in [0.2, 0.25) is 0 Å². The number of hydrogen-bond acceptors (Lipinski definition) is 3. The fourth-order valence-electron chi connectivity index (χ4n) is 2.69. The summed E-state index contributed by atoms with van der Waals surface area (Å²) in [6.45, 7) is 1.66. The van der Waals surface area contributed by atoms with Crippen LogP contribution in [0.5, 0.6) is 0 Å². The number of rotatable bonds is 4. The summed E-state index contributed by atoms with van der Waals surface area (Å²) in [5, 5.41) is 3.37. The molecule has 0 saturated heterocycles. The number of nitrogens with zero attached hydrogens (tertiary/aromatic N) is 1. The van der Waals surface area contributed by atoms with Crippen molar-refractivity contribution in [3.63, 3.8) is 0 Å². The molecule has 0 aliphatic heterocycles. The van der Waals surface area contributed by atoms with Gasteiger partial charge in [-0.3, -0.25) is 9.78 Å². The first-order valence-corrected chi connectivity index (χ1v) is 6.37. The predicted molar refractivity (Wildman–Crippen MR) is 66.2 cm³/mol. The maximum absolute atomic E-state index is 11.9. The summed E-state index contributed by atoms with van der Waals surface area (Å²) in [7, 11) is 1.98. The van der Waals surface area contributed by atoms with Crippen molar-refractivity contribution < 1.29 is 4.79 Å². The van der Waals surface area contributed by atoms with Gasteiger partial charge in [0.2, 0.25) is 0 Å². The minimum Gasteiger partial charge on any atom is -0.310 e. The molecule has 1 aromatic heterocycles. The summed E-state index contributed by atoms with van der Waals surface area (Å²) in [6.07, 6.45) is 6.48. The monoisotopic (exact) mass is 230 g/mol. The van der Waals surface area contributed by atoms with Crippen molar-refractivity contribution >= 4 is 5.78 Å². The van der Waals surface area contributed by atoms with Crippen molar-refractivity contribution in [2.45, 2.75) is 44.1 Å². The van der Waals surface area contributed by atoms with Crippen molar-refractivity contribution in [2.75, 3.05) is 7.05 Å². The van der Waals surface area contributed by atoms with E-state index >= 15 is 0 Å². The zero-order valence-corrected chi connectivity index (χ0v) is 10.4. The van der Waals surface area contributed by atoms with Gasteiger partial charge in [-0.1, -0.05) is 0 Å². The second-order valence-corrected chi connectivity index (χ2v) is 5.28. The fourth-order valence-corrected chi connectivity index (χ4v) is 2.69. The maximum atomic E-state index is 11.9. The van der Waals surface area contributed by atoms with Crippen LogP contribution in [0.1, 0.15) is 60.1 Å². The number of nitrogens with one attached hydrogen (secondary N) is 1. The second-order valence-electron chi connectivity index (χ2n) is 5.28. The zero-order valence-electron chi connectivity index (χ0n) is 10.4. The van der Waals surface area contributed by atoms with E-state index in [1.807, 2.05) is 19.3 Å². The predicted octanol–water partition coefficient (Wildman–Crippen LogP) is 2.37. The van der Waals surface area contributed by atoms with E-state index in [4.69, 9.17) is 0 Å². The summed E-state index contributed by atoms with van der Waals surface area (Å²) in [4.78, 5) is 16.4. The zero-order chi connectivity index (χ0) is 12.0. The lowest BCUT2D eigenvalue weighted by Gasteiger charge is -2.19. The molecule has 1 N–H and O–H groups in total. The van der Waals surface area contributed by atoms with Crippen LogP contribution >= 0.6 is 0 Å². The van der Waals surface area contributed by atoms with Crippen molar-refractivity contribution in [3.8, 4) is 0 Å². The summed E-state index contributed by atoms with van der Waals surface area (Å²) >= 11 is 0. The molecule has 2 saturated carbocycles. The van der Waals surface area contributed by atoms with Crippen LogP contribution in [0.3, 0.4) is 0 Å². The molecule has 2 fully saturated rings. The molecule has 3 nitrogen and oxygen atoms in total. The van der Waals surface area contributed by atoms with Crippen LogP contribution in [-0.4, -0.2) is 17.8 Å². The lowest BCUT2D eigenvalue weighted by molar-refractivity contribution is 0.101. The molecule has 3 rings (SSSR count). The van der Waals surface area contributed by atoms with E-state index in [-0.39, 0.29) is 11.3 Å². The van der Waals surface area contributed by atoms with Gasteiger partial charge in [-0.25, -0.2) is 0 Å². The molecule has 2 aliphatic rings. The Labute approximate surface area is 102 Å². The number of Topliss-reactive ketones (excluding diaryl/α,β-unsaturated/α-hetero) is 1. The van der Waals surface area contributed by atoms with Crippen LogP contribution in [-0.2, 0) is 5.54 Å². The Bertz CT molecular complexity index is 473.